The Morgan fingerprint density at radius 2 is 0.717 bits per heavy atom. The van der Waals surface area contributed by atoms with E-state index in [0.29, 0.717) is 19.3 Å². The number of hydrogen-bond acceptors (Lipinski definition) is 6. The van der Waals surface area contributed by atoms with Gasteiger partial charge in [0, 0.05) is 19.3 Å². The maximum Gasteiger partial charge on any atom is 0.306 e. The van der Waals surface area contributed by atoms with Crippen LogP contribution in [0.5, 0.6) is 0 Å². The van der Waals surface area contributed by atoms with Crippen molar-refractivity contribution in [1.29, 1.82) is 0 Å². The first-order valence-corrected chi connectivity index (χ1v) is 24.3. The monoisotopic (exact) mass is 833 g/mol. The van der Waals surface area contributed by atoms with Gasteiger partial charge in [-0.2, -0.15) is 0 Å². The second-order valence-corrected chi connectivity index (χ2v) is 15.8. The van der Waals surface area contributed by atoms with Gasteiger partial charge in [0.15, 0.2) is 6.10 Å². The second kappa shape index (κ2) is 48.0. The molecule has 0 rings (SSSR count). The SMILES string of the molecule is CCCC/C=C\C=C/CCCCCC(=O)OCC(COC(=O)CCCCCCC\C=C/C=C\C=C/C=C\CCCCC)OC(=O)CC/C=C\C/C=C\CCCCCCCC. The molecule has 0 aliphatic heterocycles. The summed E-state index contributed by atoms with van der Waals surface area (Å²) in [6, 6.07) is 0. The van der Waals surface area contributed by atoms with Gasteiger partial charge in [0.2, 0.25) is 0 Å². The molecule has 0 aliphatic rings. The van der Waals surface area contributed by atoms with Crippen LogP contribution >= 0.6 is 0 Å². The zero-order valence-corrected chi connectivity index (χ0v) is 38.7. The van der Waals surface area contributed by atoms with E-state index in [1.165, 1.54) is 70.6 Å². The van der Waals surface area contributed by atoms with Crippen LogP contribution in [0.3, 0.4) is 0 Å². The highest BCUT2D eigenvalue weighted by molar-refractivity contribution is 5.71. The lowest BCUT2D eigenvalue weighted by molar-refractivity contribution is -0.166. The van der Waals surface area contributed by atoms with E-state index in [1.807, 2.05) is 6.08 Å². The molecule has 1 unspecified atom stereocenters. The molecule has 0 aromatic carbocycles. The van der Waals surface area contributed by atoms with Crippen molar-refractivity contribution in [3.8, 4) is 0 Å². The molecule has 0 aromatic heterocycles. The zero-order valence-electron chi connectivity index (χ0n) is 38.7. The molecule has 0 spiro atoms. The van der Waals surface area contributed by atoms with Crippen molar-refractivity contribution in [2.24, 2.45) is 0 Å². The fourth-order valence-electron chi connectivity index (χ4n) is 6.19. The molecule has 0 aromatic rings. The summed E-state index contributed by atoms with van der Waals surface area (Å²) in [4.78, 5) is 37.8. The average Bonchev–Trinajstić information content (AvgIpc) is 3.24. The number of carbonyl (C=O) groups excluding carboxylic acids is 3. The Morgan fingerprint density at radius 1 is 0.350 bits per heavy atom. The predicted molar refractivity (Wildman–Crippen MR) is 256 cm³/mol. The van der Waals surface area contributed by atoms with Crippen LogP contribution in [0.4, 0.5) is 0 Å². The molecule has 0 radical (unpaired) electrons. The van der Waals surface area contributed by atoms with E-state index in [1.54, 1.807) is 0 Å². The van der Waals surface area contributed by atoms with Crippen LogP contribution in [0.15, 0.2) is 97.2 Å². The minimum absolute atomic E-state index is 0.122. The van der Waals surface area contributed by atoms with Gasteiger partial charge in [-0.25, -0.2) is 0 Å². The van der Waals surface area contributed by atoms with Crippen molar-refractivity contribution in [2.45, 2.75) is 213 Å². The van der Waals surface area contributed by atoms with E-state index < -0.39 is 12.1 Å². The van der Waals surface area contributed by atoms with Crippen LogP contribution < -0.4 is 0 Å². The molecule has 0 N–H and O–H groups in total. The standard InChI is InChI=1S/C54H88O6/c1-4-7-10-13-16-19-22-24-25-26-27-28-30-32-35-38-41-44-47-53(56)59-50-51(49-58-52(55)46-43-40-37-34-31-21-18-15-12-9-6-3)60-54(57)48-45-42-39-36-33-29-23-20-17-14-11-8-5-2/h15-16,18-19,21-22,24-29,31,33,39,42,51H,4-14,17,20,23,30,32,34-38,40-41,43-50H2,1-3H3/b18-15-,19-16-,24-22-,26-25-,28-27-,31-21-,33-29-,42-39-. The van der Waals surface area contributed by atoms with Crippen LogP contribution in [0.2, 0.25) is 0 Å². The van der Waals surface area contributed by atoms with E-state index in [9.17, 15) is 14.4 Å². The van der Waals surface area contributed by atoms with E-state index in [-0.39, 0.29) is 31.6 Å². The maximum absolute atomic E-state index is 12.7. The first kappa shape index (κ1) is 56.3. The molecule has 0 saturated heterocycles. The third-order valence-corrected chi connectivity index (χ3v) is 9.92. The average molecular weight is 833 g/mol. The fraction of sp³-hybridized carbons (Fsp3) is 0.648. The molecule has 0 bridgehead atoms. The van der Waals surface area contributed by atoms with Crippen LogP contribution in [-0.4, -0.2) is 37.2 Å². The van der Waals surface area contributed by atoms with Crippen molar-refractivity contribution in [3.05, 3.63) is 97.2 Å². The number of allylic oxidation sites excluding steroid dienone is 16. The van der Waals surface area contributed by atoms with Crippen LogP contribution in [0.25, 0.3) is 0 Å². The highest BCUT2D eigenvalue weighted by atomic mass is 16.6. The van der Waals surface area contributed by atoms with Crippen LogP contribution in [-0.2, 0) is 28.6 Å². The molecule has 0 heterocycles. The molecular weight excluding hydrogens is 745 g/mol. The second-order valence-electron chi connectivity index (χ2n) is 15.8. The summed E-state index contributed by atoms with van der Waals surface area (Å²) in [5, 5.41) is 0. The predicted octanol–water partition coefficient (Wildman–Crippen LogP) is 15.8. The lowest BCUT2D eigenvalue weighted by atomic mass is 10.1. The first-order chi connectivity index (χ1) is 29.5. The fourth-order valence-corrected chi connectivity index (χ4v) is 6.19. The van der Waals surface area contributed by atoms with Crippen molar-refractivity contribution in [3.63, 3.8) is 0 Å². The third kappa shape index (κ3) is 45.4. The molecule has 0 amide bonds. The Morgan fingerprint density at radius 3 is 1.25 bits per heavy atom. The molecule has 1 atom stereocenters. The smallest absolute Gasteiger partial charge is 0.306 e. The summed E-state index contributed by atoms with van der Waals surface area (Å²) >= 11 is 0. The molecule has 6 heteroatoms. The van der Waals surface area contributed by atoms with E-state index >= 15 is 0 Å². The molecule has 6 nitrogen and oxygen atoms in total. The summed E-state index contributed by atoms with van der Waals surface area (Å²) in [7, 11) is 0. The Kier molecular flexibility index (Phi) is 45.1. The topological polar surface area (TPSA) is 78.9 Å². The van der Waals surface area contributed by atoms with Gasteiger partial charge in [0.05, 0.1) is 0 Å². The quantitative estimate of drug-likeness (QED) is 0.0200. The van der Waals surface area contributed by atoms with Gasteiger partial charge in [-0.05, 0) is 83.5 Å². The van der Waals surface area contributed by atoms with Gasteiger partial charge in [-0.3, -0.25) is 14.4 Å². The number of rotatable bonds is 42. The van der Waals surface area contributed by atoms with E-state index in [4.69, 9.17) is 14.2 Å². The van der Waals surface area contributed by atoms with Crippen LogP contribution in [0.1, 0.15) is 207 Å². The molecule has 0 saturated carbocycles. The Labute approximate surface area is 368 Å². The lowest BCUT2D eigenvalue weighted by Crippen LogP contribution is -2.30. The summed E-state index contributed by atoms with van der Waals surface area (Å²) in [5.74, 6) is -1.05. The van der Waals surface area contributed by atoms with E-state index in [2.05, 4.69) is 112 Å². The molecule has 0 fully saturated rings. The van der Waals surface area contributed by atoms with Crippen molar-refractivity contribution in [2.75, 3.05) is 13.2 Å². The van der Waals surface area contributed by atoms with Crippen molar-refractivity contribution < 1.29 is 28.6 Å². The van der Waals surface area contributed by atoms with Gasteiger partial charge >= 0.3 is 17.9 Å². The van der Waals surface area contributed by atoms with Gasteiger partial charge in [0.1, 0.15) is 13.2 Å². The Hall–Kier alpha value is -3.67. The van der Waals surface area contributed by atoms with Crippen molar-refractivity contribution in [1.82, 2.24) is 0 Å². The van der Waals surface area contributed by atoms with Crippen LogP contribution in [0, 0.1) is 0 Å². The maximum atomic E-state index is 12.7. The van der Waals surface area contributed by atoms with Gasteiger partial charge in [-0.15, -0.1) is 0 Å². The molecule has 340 valence electrons. The lowest BCUT2D eigenvalue weighted by Gasteiger charge is -2.18. The van der Waals surface area contributed by atoms with Crippen molar-refractivity contribution >= 4 is 17.9 Å². The van der Waals surface area contributed by atoms with Gasteiger partial charge in [0.25, 0.3) is 0 Å². The highest BCUT2D eigenvalue weighted by Gasteiger charge is 2.19. The molecule has 0 aliphatic carbocycles. The zero-order chi connectivity index (χ0) is 43.7. The number of ether oxygens (including phenoxy) is 3. The molecular formula is C54H88O6. The summed E-state index contributed by atoms with van der Waals surface area (Å²) in [6.45, 7) is 6.42. The van der Waals surface area contributed by atoms with Gasteiger partial charge in [-0.1, -0.05) is 201 Å². The number of unbranched alkanes of at least 4 members (excludes halogenated alkanes) is 19. The highest BCUT2D eigenvalue weighted by Crippen LogP contribution is 2.11. The normalized spacial score (nSPS) is 12.9. The number of hydrogen-bond donors (Lipinski definition) is 0. The Balaban J connectivity index is 4.53. The third-order valence-electron chi connectivity index (χ3n) is 9.92. The summed E-state index contributed by atoms with van der Waals surface area (Å²) < 4.78 is 16.6. The minimum atomic E-state index is -0.828. The number of carbonyl (C=O) groups is 3. The van der Waals surface area contributed by atoms with Gasteiger partial charge < -0.3 is 14.2 Å². The Bertz CT molecular complexity index is 1230. The first-order valence-electron chi connectivity index (χ1n) is 24.3. The summed E-state index contributed by atoms with van der Waals surface area (Å²) in [5.41, 5.74) is 0. The minimum Gasteiger partial charge on any atom is -0.462 e. The molecule has 60 heavy (non-hydrogen) atoms. The summed E-state index contributed by atoms with van der Waals surface area (Å²) in [6.07, 6.45) is 62.6. The van der Waals surface area contributed by atoms with E-state index in [0.717, 1.165) is 89.9 Å². The number of esters is 3. The largest absolute Gasteiger partial charge is 0.462 e.